The van der Waals surface area contributed by atoms with Crippen molar-refractivity contribution in [2.45, 2.75) is 44.8 Å². The molecule has 23 heavy (non-hydrogen) atoms. The van der Waals surface area contributed by atoms with Gasteiger partial charge in [0, 0.05) is 5.56 Å². The van der Waals surface area contributed by atoms with Gasteiger partial charge in [-0.15, -0.1) is 10.2 Å². The third-order valence-electron chi connectivity index (χ3n) is 3.35. The molecule has 8 nitrogen and oxygen atoms in total. The molecule has 1 aliphatic rings. The summed E-state index contributed by atoms with van der Waals surface area (Å²) in [6.07, 6.45) is 2.19. The van der Waals surface area contributed by atoms with Crippen LogP contribution in [0.1, 0.15) is 39.2 Å². The van der Waals surface area contributed by atoms with Crippen LogP contribution in [-0.2, 0) is 10.3 Å². The van der Waals surface area contributed by atoms with Gasteiger partial charge in [-0.25, -0.2) is 4.79 Å². The summed E-state index contributed by atoms with van der Waals surface area (Å²) >= 11 is 6.17. The van der Waals surface area contributed by atoms with Crippen LogP contribution in [0.4, 0.5) is 4.79 Å². The summed E-state index contributed by atoms with van der Waals surface area (Å²) in [5.74, 6) is 0.309. The summed E-state index contributed by atoms with van der Waals surface area (Å²) in [7, 11) is 0. The molecule has 0 saturated heterocycles. The van der Waals surface area contributed by atoms with Crippen molar-refractivity contribution in [2.75, 3.05) is 0 Å². The van der Waals surface area contributed by atoms with Gasteiger partial charge < -0.3 is 14.6 Å². The molecule has 0 bridgehead atoms. The first-order chi connectivity index (χ1) is 10.8. The second-order valence-corrected chi connectivity index (χ2v) is 6.76. The minimum atomic E-state index is -0.589. The number of halogens is 1. The van der Waals surface area contributed by atoms with Crippen LogP contribution in [0.3, 0.4) is 0 Å². The molecule has 1 fully saturated rings. The number of nitrogens with one attached hydrogen (secondary N) is 1. The van der Waals surface area contributed by atoms with Crippen LogP contribution in [0.15, 0.2) is 17.0 Å². The number of nitrogens with zero attached hydrogens (tertiary/aromatic N) is 4. The lowest BCUT2D eigenvalue weighted by Crippen LogP contribution is -2.39. The third kappa shape index (κ3) is 3.42. The number of aromatic nitrogens is 4. The number of hydrogen-bond acceptors (Lipinski definition) is 7. The maximum absolute atomic E-state index is 12.1. The number of amides is 1. The molecule has 1 N–H and O–H groups in total. The summed E-state index contributed by atoms with van der Waals surface area (Å²) in [6, 6.07) is 1.71. The first-order valence-corrected chi connectivity index (χ1v) is 7.48. The minimum absolute atomic E-state index is 0.228. The third-order valence-corrected chi connectivity index (χ3v) is 3.62. The van der Waals surface area contributed by atoms with E-state index in [0.717, 1.165) is 12.8 Å². The highest BCUT2D eigenvalue weighted by Gasteiger charge is 2.48. The fraction of sp³-hybridized carbons (Fsp3) is 0.500. The average molecular weight is 338 g/mol. The van der Waals surface area contributed by atoms with Crippen molar-refractivity contribution < 1.29 is 14.1 Å². The summed E-state index contributed by atoms with van der Waals surface area (Å²) < 4.78 is 10.0. The van der Waals surface area contributed by atoms with E-state index in [1.54, 1.807) is 6.07 Å². The van der Waals surface area contributed by atoms with Crippen LogP contribution in [0, 0.1) is 0 Å². The fourth-order valence-electron chi connectivity index (χ4n) is 2.19. The smallest absolute Gasteiger partial charge is 0.408 e. The Labute approximate surface area is 137 Å². The van der Waals surface area contributed by atoms with Gasteiger partial charge in [0.25, 0.3) is 0 Å². The highest BCUT2D eigenvalue weighted by atomic mass is 35.5. The highest BCUT2D eigenvalue weighted by molar-refractivity contribution is 6.30. The van der Waals surface area contributed by atoms with E-state index >= 15 is 0 Å². The molecular weight excluding hydrogens is 322 g/mol. The first-order valence-electron chi connectivity index (χ1n) is 7.11. The number of carbonyl (C=O) groups excluding carboxylic acids is 1. The Morgan fingerprint density at radius 1 is 1.39 bits per heavy atom. The number of ether oxygens (including phenoxy) is 1. The molecule has 2 aromatic heterocycles. The predicted octanol–water partition coefficient (Wildman–Crippen LogP) is 2.69. The summed E-state index contributed by atoms with van der Waals surface area (Å²) in [5, 5.41) is 14.7. The summed E-state index contributed by atoms with van der Waals surface area (Å²) in [4.78, 5) is 16.0. The Balaban J connectivity index is 1.86. The van der Waals surface area contributed by atoms with E-state index in [4.69, 9.17) is 20.9 Å². The van der Waals surface area contributed by atoms with Gasteiger partial charge in [0.2, 0.25) is 12.2 Å². The lowest BCUT2D eigenvalue weighted by molar-refractivity contribution is 0.0495. The normalized spacial score (nSPS) is 16.0. The fourth-order valence-corrected chi connectivity index (χ4v) is 2.46. The molecule has 0 spiro atoms. The Hall–Kier alpha value is -2.22. The number of hydrogen-bond donors (Lipinski definition) is 1. The van der Waals surface area contributed by atoms with E-state index in [2.05, 4.69) is 25.7 Å². The Kier molecular flexibility index (Phi) is 3.71. The Bertz CT molecular complexity index is 723. The van der Waals surface area contributed by atoms with E-state index in [1.807, 2.05) is 20.8 Å². The molecule has 0 unspecified atom stereocenters. The maximum Gasteiger partial charge on any atom is 0.408 e. The van der Waals surface area contributed by atoms with Crippen molar-refractivity contribution >= 4 is 17.7 Å². The standard InChI is InChI=1S/C14H16ClN5O3/c1-13(2,3)23-12(21)17-14(4-5-14)8-6-9(18-19-10(8)15)11-16-7-22-20-11/h6-7H,4-5H2,1-3H3,(H,17,21). The van der Waals surface area contributed by atoms with Crippen LogP contribution in [0.25, 0.3) is 11.5 Å². The zero-order valence-corrected chi connectivity index (χ0v) is 13.7. The number of rotatable bonds is 3. The SMILES string of the molecule is CC(C)(C)OC(=O)NC1(c2cc(-c3ncon3)nnc2Cl)CC1. The largest absolute Gasteiger partial charge is 0.444 e. The predicted molar refractivity (Wildman–Crippen MR) is 80.6 cm³/mol. The second-order valence-electron chi connectivity index (χ2n) is 6.40. The van der Waals surface area contributed by atoms with Crippen LogP contribution >= 0.6 is 11.6 Å². The van der Waals surface area contributed by atoms with Crippen molar-refractivity contribution in [1.29, 1.82) is 0 Å². The molecule has 2 heterocycles. The molecule has 0 aliphatic heterocycles. The van der Waals surface area contributed by atoms with Crippen LogP contribution in [0.2, 0.25) is 5.15 Å². The molecule has 0 radical (unpaired) electrons. The quantitative estimate of drug-likeness (QED) is 0.918. The highest BCUT2D eigenvalue weighted by Crippen LogP contribution is 2.48. The summed E-state index contributed by atoms with van der Waals surface area (Å²) in [5.41, 5.74) is -0.0698. The van der Waals surface area contributed by atoms with Gasteiger partial charge in [0.1, 0.15) is 11.3 Å². The lowest BCUT2D eigenvalue weighted by atomic mass is 10.1. The molecule has 1 aliphatic carbocycles. The first kappa shape index (κ1) is 15.7. The second kappa shape index (κ2) is 5.45. The average Bonchev–Trinajstić information content (AvgIpc) is 3.00. The van der Waals surface area contributed by atoms with Crippen molar-refractivity contribution in [1.82, 2.24) is 25.7 Å². The molecule has 0 aromatic carbocycles. The molecule has 3 rings (SSSR count). The Morgan fingerprint density at radius 3 is 2.70 bits per heavy atom. The molecular formula is C14H16ClN5O3. The van der Waals surface area contributed by atoms with Gasteiger partial charge in [-0.1, -0.05) is 16.8 Å². The van der Waals surface area contributed by atoms with Crippen LogP contribution in [-0.4, -0.2) is 32.0 Å². The van der Waals surface area contributed by atoms with E-state index in [9.17, 15) is 4.79 Å². The molecule has 2 aromatic rings. The zero-order valence-electron chi connectivity index (χ0n) is 13.0. The van der Waals surface area contributed by atoms with E-state index in [0.29, 0.717) is 17.1 Å². The topological polar surface area (TPSA) is 103 Å². The van der Waals surface area contributed by atoms with E-state index < -0.39 is 17.2 Å². The van der Waals surface area contributed by atoms with Crippen LogP contribution in [0.5, 0.6) is 0 Å². The zero-order chi connectivity index (χ0) is 16.7. The van der Waals surface area contributed by atoms with Crippen molar-refractivity contribution in [3.63, 3.8) is 0 Å². The molecule has 0 atom stereocenters. The molecule has 9 heteroatoms. The van der Waals surface area contributed by atoms with Gasteiger partial charge in [0.05, 0.1) is 5.54 Å². The van der Waals surface area contributed by atoms with Crippen molar-refractivity contribution in [3.05, 3.63) is 23.2 Å². The number of carbonyl (C=O) groups is 1. The summed E-state index contributed by atoms with van der Waals surface area (Å²) in [6.45, 7) is 5.42. The van der Waals surface area contributed by atoms with Crippen LogP contribution < -0.4 is 5.32 Å². The molecule has 1 saturated carbocycles. The number of alkyl carbamates (subject to hydrolysis) is 1. The van der Waals surface area contributed by atoms with Crippen molar-refractivity contribution in [2.24, 2.45) is 0 Å². The Morgan fingerprint density at radius 2 is 2.13 bits per heavy atom. The lowest BCUT2D eigenvalue weighted by Gasteiger charge is -2.24. The minimum Gasteiger partial charge on any atom is -0.444 e. The van der Waals surface area contributed by atoms with Gasteiger partial charge >= 0.3 is 6.09 Å². The molecule has 122 valence electrons. The van der Waals surface area contributed by atoms with Gasteiger partial charge in [-0.05, 0) is 39.7 Å². The van der Waals surface area contributed by atoms with Crippen molar-refractivity contribution in [3.8, 4) is 11.5 Å². The molecule has 1 amide bonds. The van der Waals surface area contributed by atoms with Gasteiger partial charge in [-0.3, -0.25) is 0 Å². The van der Waals surface area contributed by atoms with E-state index in [-0.39, 0.29) is 5.15 Å². The van der Waals surface area contributed by atoms with E-state index in [1.165, 1.54) is 6.39 Å². The maximum atomic E-state index is 12.1. The van der Waals surface area contributed by atoms with Gasteiger partial charge in [-0.2, -0.15) is 4.98 Å². The monoisotopic (exact) mass is 337 g/mol. The van der Waals surface area contributed by atoms with Gasteiger partial charge in [0.15, 0.2) is 5.15 Å².